The van der Waals surface area contributed by atoms with Crippen LogP contribution in [0.15, 0.2) is 144 Å². The van der Waals surface area contributed by atoms with Crippen molar-refractivity contribution in [2.75, 3.05) is 17.2 Å². The average molecular weight is 696 g/mol. The summed E-state index contributed by atoms with van der Waals surface area (Å²) in [5, 5.41) is 7.06. The Kier molecular flexibility index (Phi) is 11.7. The SMILES string of the molecule is CCOc1ccc(/C=C(\NC(=O)c2ccccc2)C(=O)Nc2ccc(SC(C(=O)Nc3ccccc3C(F)(F)F)c3ccccc3)cc2)cc1. The second kappa shape index (κ2) is 16.5. The smallest absolute Gasteiger partial charge is 0.418 e. The summed E-state index contributed by atoms with van der Waals surface area (Å²) in [6, 6.07) is 35.7. The van der Waals surface area contributed by atoms with Gasteiger partial charge in [0.2, 0.25) is 5.91 Å². The number of ether oxygens (including phenoxy) is 1. The molecule has 0 saturated heterocycles. The molecule has 0 aliphatic carbocycles. The molecule has 1 unspecified atom stereocenters. The van der Waals surface area contributed by atoms with E-state index in [0.717, 1.165) is 17.8 Å². The van der Waals surface area contributed by atoms with Crippen LogP contribution < -0.4 is 20.7 Å². The lowest BCUT2D eigenvalue weighted by Gasteiger charge is -2.19. The van der Waals surface area contributed by atoms with Crippen molar-refractivity contribution in [3.05, 3.63) is 161 Å². The third-order valence-electron chi connectivity index (χ3n) is 7.23. The van der Waals surface area contributed by atoms with E-state index in [-0.39, 0.29) is 11.4 Å². The Morgan fingerprint density at radius 1 is 0.760 bits per heavy atom. The van der Waals surface area contributed by atoms with E-state index in [1.165, 1.54) is 18.2 Å². The number of alkyl halides is 3. The third-order valence-corrected chi connectivity index (χ3v) is 8.49. The Labute approximate surface area is 291 Å². The summed E-state index contributed by atoms with van der Waals surface area (Å²) in [5.74, 6) is -1.00. The zero-order chi connectivity index (χ0) is 35.5. The van der Waals surface area contributed by atoms with Crippen LogP contribution in [-0.2, 0) is 15.8 Å². The molecule has 0 bridgehead atoms. The number of carbonyl (C=O) groups is 3. The number of benzene rings is 5. The molecule has 5 aromatic carbocycles. The van der Waals surface area contributed by atoms with Crippen LogP contribution in [0.2, 0.25) is 0 Å². The number of carbonyl (C=O) groups excluding carboxylic acids is 3. The molecule has 5 rings (SSSR count). The molecule has 3 amide bonds. The van der Waals surface area contributed by atoms with E-state index in [2.05, 4.69) is 16.0 Å². The van der Waals surface area contributed by atoms with Gasteiger partial charge in [-0.3, -0.25) is 14.4 Å². The van der Waals surface area contributed by atoms with E-state index >= 15 is 0 Å². The molecule has 7 nitrogen and oxygen atoms in total. The highest BCUT2D eigenvalue weighted by Crippen LogP contribution is 2.39. The van der Waals surface area contributed by atoms with E-state index in [4.69, 9.17) is 4.74 Å². The summed E-state index contributed by atoms with van der Waals surface area (Å²) in [6.07, 6.45) is -3.09. The fourth-order valence-corrected chi connectivity index (χ4v) is 5.85. The standard InChI is InChI=1S/C39H32F3N3O4S/c1-2-49-30-21-17-26(18-22-30)25-34(45-36(46)28-13-7-4-8-14-28)37(47)43-29-19-23-31(24-20-29)50-35(27-11-5-3-6-12-27)38(48)44-33-16-10-9-15-32(33)39(40,41)42/h3-25,35H,2H2,1H3,(H,43,47)(H,44,48)(H,45,46)/b34-25-. The number of para-hydroxylation sites is 1. The molecule has 0 aliphatic heterocycles. The summed E-state index contributed by atoms with van der Waals surface area (Å²) < 4.78 is 46.4. The zero-order valence-electron chi connectivity index (χ0n) is 26.7. The van der Waals surface area contributed by atoms with E-state index in [0.29, 0.717) is 39.6 Å². The van der Waals surface area contributed by atoms with Crippen LogP contribution in [0.3, 0.4) is 0 Å². The Morgan fingerprint density at radius 3 is 2.02 bits per heavy atom. The largest absolute Gasteiger partial charge is 0.494 e. The van der Waals surface area contributed by atoms with Gasteiger partial charge in [-0.15, -0.1) is 11.8 Å². The maximum atomic E-state index is 13.6. The first kappa shape index (κ1) is 35.5. The normalized spacial score (nSPS) is 12.0. The molecule has 0 aliphatic rings. The Balaban J connectivity index is 1.34. The van der Waals surface area contributed by atoms with Crippen LogP contribution in [0.5, 0.6) is 5.75 Å². The third kappa shape index (κ3) is 9.64. The van der Waals surface area contributed by atoms with Gasteiger partial charge in [-0.05, 0) is 84.8 Å². The summed E-state index contributed by atoms with van der Waals surface area (Å²) in [4.78, 5) is 40.6. The molecule has 0 heterocycles. The first-order valence-corrected chi connectivity index (χ1v) is 16.4. The number of halogens is 3. The molecule has 0 saturated carbocycles. The average Bonchev–Trinajstić information content (AvgIpc) is 3.12. The van der Waals surface area contributed by atoms with Gasteiger partial charge in [0.25, 0.3) is 11.8 Å². The van der Waals surface area contributed by atoms with Crippen molar-refractivity contribution in [1.29, 1.82) is 0 Å². The number of hydrogen-bond acceptors (Lipinski definition) is 5. The Hall–Kier alpha value is -5.81. The molecular formula is C39H32F3N3O4S. The minimum atomic E-state index is -4.65. The second-order valence-corrected chi connectivity index (χ2v) is 12.0. The molecule has 0 fully saturated rings. The van der Waals surface area contributed by atoms with Gasteiger partial charge in [0.1, 0.15) is 16.7 Å². The van der Waals surface area contributed by atoms with Crippen molar-refractivity contribution in [1.82, 2.24) is 5.32 Å². The lowest BCUT2D eigenvalue weighted by atomic mass is 10.1. The molecule has 0 radical (unpaired) electrons. The molecule has 5 aromatic rings. The number of thioether (sulfide) groups is 1. The molecule has 3 N–H and O–H groups in total. The van der Waals surface area contributed by atoms with Crippen molar-refractivity contribution >= 4 is 46.9 Å². The van der Waals surface area contributed by atoms with Gasteiger partial charge in [-0.1, -0.05) is 72.8 Å². The first-order valence-electron chi connectivity index (χ1n) is 15.5. The fraction of sp³-hybridized carbons (Fsp3) is 0.103. The Bertz CT molecular complexity index is 1950. The topological polar surface area (TPSA) is 96.5 Å². The van der Waals surface area contributed by atoms with Gasteiger partial charge in [-0.2, -0.15) is 13.2 Å². The monoisotopic (exact) mass is 695 g/mol. The van der Waals surface area contributed by atoms with E-state index in [9.17, 15) is 27.6 Å². The number of rotatable bonds is 12. The quantitative estimate of drug-likeness (QED) is 0.0895. The number of nitrogens with one attached hydrogen (secondary N) is 3. The van der Waals surface area contributed by atoms with Crippen molar-refractivity contribution in [3.63, 3.8) is 0 Å². The van der Waals surface area contributed by atoms with Crippen molar-refractivity contribution in [3.8, 4) is 5.75 Å². The zero-order valence-corrected chi connectivity index (χ0v) is 27.6. The second-order valence-electron chi connectivity index (χ2n) is 10.8. The predicted molar refractivity (Wildman–Crippen MR) is 190 cm³/mol. The van der Waals surface area contributed by atoms with Crippen molar-refractivity contribution in [2.45, 2.75) is 23.2 Å². The molecular weight excluding hydrogens is 664 g/mol. The maximum Gasteiger partial charge on any atom is 0.418 e. The number of hydrogen-bond donors (Lipinski definition) is 3. The van der Waals surface area contributed by atoms with Crippen molar-refractivity contribution < 1.29 is 32.3 Å². The summed E-state index contributed by atoms with van der Waals surface area (Å²) in [5.41, 5.74) is 0.751. The van der Waals surface area contributed by atoms with Crippen LogP contribution in [0.25, 0.3) is 6.08 Å². The van der Waals surface area contributed by atoms with Gasteiger partial charge in [0.15, 0.2) is 0 Å². The summed E-state index contributed by atoms with van der Waals surface area (Å²) in [7, 11) is 0. The molecule has 0 spiro atoms. The van der Waals surface area contributed by atoms with Gasteiger partial charge >= 0.3 is 6.18 Å². The van der Waals surface area contributed by atoms with Gasteiger partial charge in [0, 0.05) is 16.1 Å². The number of anilines is 2. The highest BCUT2D eigenvalue weighted by atomic mass is 32.2. The fourth-order valence-electron chi connectivity index (χ4n) is 4.83. The highest BCUT2D eigenvalue weighted by molar-refractivity contribution is 8.00. The van der Waals surface area contributed by atoms with Crippen LogP contribution in [0, 0.1) is 0 Å². The van der Waals surface area contributed by atoms with Crippen LogP contribution in [0.4, 0.5) is 24.5 Å². The molecule has 1 atom stereocenters. The molecule has 254 valence electrons. The van der Waals surface area contributed by atoms with Gasteiger partial charge in [0.05, 0.1) is 17.9 Å². The lowest BCUT2D eigenvalue weighted by Crippen LogP contribution is -2.30. The van der Waals surface area contributed by atoms with E-state index in [1.54, 1.807) is 115 Å². The molecule has 50 heavy (non-hydrogen) atoms. The summed E-state index contributed by atoms with van der Waals surface area (Å²) in [6.45, 7) is 2.38. The van der Waals surface area contributed by atoms with E-state index < -0.39 is 34.7 Å². The Morgan fingerprint density at radius 2 is 1.38 bits per heavy atom. The van der Waals surface area contributed by atoms with Gasteiger partial charge < -0.3 is 20.7 Å². The van der Waals surface area contributed by atoms with Crippen LogP contribution >= 0.6 is 11.8 Å². The van der Waals surface area contributed by atoms with Gasteiger partial charge in [-0.25, -0.2) is 0 Å². The van der Waals surface area contributed by atoms with E-state index in [1.807, 2.05) is 6.92 Å². The molecule has 11 heteroatoms. The minimum absolute atomic E-state index is 0.00131. The van der Waals surface area contributed by atoms with Crippen LogP contribution in [-0.4, -0.2) is 24.3 Å². The first-order chi connectivity index (χ1) is 24.1. The maximum absolute atomic E-state index is 13.6. The summed E-state index contributed by atoms with van der Waals surface area (Å²) >= 11 is 1.14. The van der Waals surface area contributed by atoms with Crippen LogP contribution in [0.1, 0.15) is 39.2 Å². The lowest BCUT2D eigenvalue weighted by molar-refractivity contribution is -0.137. The van der Waals surface area contributed by atoms with Crippen molar-refractivity contribution in [2.24, 2.45) is 0 Å². The molecule has 0 aromatic heterocycles. The number of amides is 3. The predicted octanol–water partition coefficient (Wildman–Crippen LogP) is 8.99. The highest BCUT2D eigenvalue weighted by Gasteiger charge is 2.34. The minimum Gasteiger partial charge on any atom is -0.494 e.